The first kappa shape index (κ1) is 18.0. The fourth-order valence-electron chi connectivity index (χ4n) is 2.17. The first-order valence-electron chi connectivity index (χ1n) is 7.89. The molecule has 0 atom stereocenters. The van der Waals surface area contributed by atoms with Crippen molar-refractivity contribution in [3.05, 3.63) is 65.2 Å². The summed E-state index contributed by atoms with van der Waals surface area (Å²) in [4.78, 5) is 23.5. The molecule has 0 bridgehead atoms. The minimum absolute atomic E-state index is 0.0572. The SMILES string of the molecule is O=C(CCC(=O)OCCCc1ccccc1)Nc1ccccc1Cl. The van der Waals surface area contributed by atoms with E-state index >= 15 is 0 Å². The van der Waals surface area contributed by atoms with Gasteiger partial charge in [-0.3, -0.25) is 9.59 Å². The molecule has 0 saturated heterocycles. The summed E-state index contributed by atoms with van der Waals surface area (Å²) in [5, 5.41) is 3.14. The maximum atomic E-state index is 11.8. The molecule has 0 radical (unpaired) electrons. The van der Waals surface area contributed by atoms with Crippen molar-refractivity contribution in [3.63, 3.8) is 0 Å². The number of ether oxygens (including phenoxy) is 1. The normalized spacial score (nSPS) is 10.2. The van der Waals surface area contributed by atoms with Crippen molar-refractivity contribution in [1.82, 2.24) is 0 Å². The summed E-state index contributed by atoms with van der Waals surface area (Å²) in [6.07, 6.45) is 1.76. The van der Waals surface area contributed by atoms with Crippen LogP contribution in [0.2, 0.25) is 5.02 Å². The van der Waals surface area contributed by atoms with E-state index in [1.807, 2.05) is 30.3 Å². The third kappa shape index (κ3) is 6.42. The molecule has 4 nitrogen and oxygen atoms in total. The molecule has 0 aliphatic carbocycles. The van der Waals surface area contributed by atoms with Gasteiger partial charge in [0.25, 0.3) is 0 Å². The van der Waals surface area contributed by atoms with Crippen molar-refractivity contribution >= 4 is 29.2 Å². The van der Waals surface area contributed by atoms with Crippen LogP contribution < -0.4 is 5.32 Å². The van der Waals surface area contributed by atoms with Gasteiger partial charge < -0.3 is 10.1 Å². The van der Waals surface area contributed by atoms with Crippen molar-refractivity contribution in [3.8, 4) is 0 Å². The molecule has 0 heterocycles. The van der Waals surface area contributed by atoms with E-state index in [0.29, 0.717) is 17.3 Å². The number of nitrogens with one attached hydrogen (secondary N) is 1. The molecule has 2 aromatic carbocycles. The van der Waals surface area contributed by atoms with Gasteiger partial charge in [0.2, 0.25) is 5.91 Å². The molecule has 5 heteroatoms. The van der Waals surface area contributed by atoms with Gasteiger partial charge in [-0.05, 0) is 30.5 Å². The zero-order valence-corrected chi connectivity index (χ0v) is 14.1. The van der Waals surface area contributed by atoms with Gasteiger partial charge in [0.1, 0.15) is 0 Å². The number of carbonyl (C=O) groups is 2. The molecule has 0 aliphatic heterocycles. The summed E-state index contributed by atoms with van der Waals surface area (Å²) < 4.78 is 5.14. The predicted octanol–water partition coefficient (Wildman–Crippen LogP) is 4.23. The van der Waals surface area contributed by atoms with Crippen molar-refractivity contribution in [2.75, 3.05) is 11.9 Å². The molecule has 0 fully saturated rings. The van der Waals surface area contributed by atoms with Crippen molar-refractivity contribution in [1.29, 1.82) is 0 Å². The number of esters is 1. The van der Waals surface area contributed by atoms with E-state index in [1.165, 1.54) is 5.56 Å². The van der Waals surface area contributed by atoms with Gasteiger partial charge in [-0.2, -0.15) is 0 Å². The Hall–Kier alpha value is -2.33. The van der Waals surface area contributed by atoms with Crippen molar-refractivity contribution in [2.24, 2.45) is 0 Å². The van der Waals surface area contributed by atoms with Crippen LogP contribution in [0.15, 0.2) is 54.6 Å². The van der Waals surface area contributed by atoms with Gasteiger partial charge >= 0.3 is 5.97 Å². The zero-order chi connectivity index (χ0) is 17.2. The molecule has 1 amide bonds. The number of halogens is 1. The average molecular weight is 346 g/mol. The summed E-state index contributed by atoms with van der Waals surface area (Å²) in [5.74, 6) is -0.623. The molecule has 0 spiro atoms. The van der Waals surface area contributed by atoms with Crippen LogP contribution in [-0.4, -0.2) is 18.5 Å². The Morgan fingerprint density at radius 1 is 0.958 bits per heavy atom. The Morgan fingerprint density at radius 2 is 1.67 bits per heavy atom. The van der Waals surface area contributed by atoms with Crippen LogP contribution in [0.3, 0.4) is 0 Å². The van der Waals surface area contributed by atoms with Crippen LogP contribution in [0, 0.1) is 0 Å². The second-order valence-corrected chi connectivity index (χ2v) is 5.74. The van der Waals surface area contributed by atoms with Gasteiger partial charge in [-0.25, -0.2) is 0 Å². The molecular weight excluding hydrogens is 326 g/mol. The van der Waals surface area contributed by atoms with Crippen LogP contribution in [0.25, 0.3) is 0 Å². The summed E-state index contributed by atoms with van der Waals surface area (Å²) in [5.41, 5.74) is 1.76. The zero-order valence-electron chi connectivity index (χ0n) is 13.3. The van der Waals surface area contributed by atoms with Gasteiger partial charge in [0.15, 0.2) is 0 Å². The lowest BCUT2D eigenvalue weighted by atomic mass is 10.1. The predicted molar refractivity (Wildman–Crippen MR) is 95.0 cm³/mol. The number of hydrogen-bond acceptors (Lipinski definition) is 3. The van der Waals surface area contributed by atoms with Crippen LogP contribution in [0.5, 0.6) is 0 Å². The largest absolute Gasteiger partial charge is 0.466 e. The number of hydrogen-bond donors (Lipinski definition) is 1. The molecule has 0 unspecified atom stereocenters. The number of benzene rings is 2. The Kier molecular flexibility index (Phi) is 7.30. The fraction of sp³-hybridized carbons (Fsp3) is 0.263. The Bertz CT molecular complexity index is 673. The number of amides is 1. The van der Waals surface area contributed by atoms with E-state index in [2.05, 4.69) is 5.32 Å². The third-order valence-electron chi connectivity index (χ3n) is 3.42. The molecular formula is C19H20ClNO3. The smallest absolute Gasteiger partial charge is 0.306 e. The molecule has 24 heavy (non-hydrogen) atoms. The van der Waals surface area contributed by atoms with E-state index in [9.17, 15) is 9.59 Å². The summed E-state index contributed by atoms with van der Waals surface area (Å²) >= 11 is 5.96. The fourth-order valence-corrected chi connectivity index (χ4v) is 2.35. The highest BCUT2D eigenvalue weighted by Crippen LogP contribution is 2.20. The van der Waals surface area contributed by atoms with Crippen LogP contribution in [0.1, 0.15) is 24.8 Å². The van der Waals surface area contributed by atoms with E-state index in [1.54, 1.807) is 24.3 Å². The van der Waals surface area contributed by atoms with Crippen molar-refractivity contribution < 1.29 is 14.3 Å². The molecule has 2 aromatic rings. The minimum Gasteiger partial charge on any atom is -0.466 e. The quantitative estimate of drug-likeness (QED) is 0.575. The van der Waals surface area contributed by atoms with Gasteiger partial charge in [-0.1, -0.05) is 54.1 Å². The second-order valence-electron chi connectivity index (χ2n) is 5.34. The number of aryl methyl sites for hydroxylation is 1. The first-order valence-corrected chi connectivity index (χ1v) is 8.27. The highest BCUT2D eigenvalue weighted by Gasteiger charge is 2.09. The first-order chi connectivity index (χ1) is 11.6. The summed E-state index contributed by atoms with van der Waals surface area (Å²) in [6.45, 7) is 0.361. The van der Waals surface area contributed by atoms with Crippen molar-refractivity contribution in [2.45, 2.75) is 25.7 Å². The molecule has 0 aromatic heterocycles. The average Bonchev–Trinajstić information content (AvgIpc) is 2.60. The molecule has 2 rings (SSSR count). The standard InChI is InChI=1S/C19H20ClNO3/c20-16-10-4-5-11-17(16)21-18(22)12-13-19(23)24-14-6-9-15-7-2-1-3-8-15/h1-5,7-8,10-11H,6,9,12-14H2,(H,21,22). The van der Waals surface area contributed by atoms with Gasteiger partial charge in [0.05, 0.1) is 23.7 Å². The van der Waals surface area contributed by atoms with Gasteiger partial charge in [0, 0.05) is 6.42 Å². The Labute approximate surface area is 146 Å². The van der Waals surface area contributed by atoms with Crippen LogP contribution >= 0.6 is 11.6 Å². The van der Waals surface area contributed by atoms with E-state index in [4.69, 9.17) is 16.3 Å². The number of carbonyl (C=O) groups excluding carboxylic acids is 2. The maximum Gasteiger partial charge on any atom is 0.306 e. The Morgan fingerprint density at radius 3 is 2.42 bits per heavy atom. The molecule has 0 saturated carbocycles. The lowest BCUT2D eigenvalue weighted by molar-refractivity contribution is -0.144. The van der Waals surface area contributed by atoms with Crippen LogP contribution in [0.4, 0.5) is 5.69 Å². The minimum atomic E-state index is -0.364. The van der Waals surface area contributed by atoms with Gasteiger partial charge in [-0.15, -0.1) is 0 Å². The molecule has 126 valence electrons. The summed E-state index contributed by atoms with van der Waals surface area (Å²) in [6, 6.07) is 17.0. The molecule has 0 aliphatic rings. The highest BCUT2D eigenvalue weighted by atomic mass is 35.5. The Balaban J connectivity index is 1.60. The number of anilines is 1. The summed E-state index contributed by atoms with van der Waals surface area (Å²) in [7, 11) is 0. The van der Waals surface area contributed by atoms with E-state index < -0.39 is 0 Å². The van der Waals surface area contributed by atoms with E-state index in [0.717, 1.165) is 12.8 Å². The lowest BCUT2D eigenvalue weighted by Gasteiger charge is -2.07. The monoisotopic (exact) mass is 345 g/mol. The molecule has 1 N–H and O–H groups in total. The lowest BCUT2D eigenvalue weighted by Crippen LogP contribution is -2.15. The topological polar surface area (TPSA) is 55.4 Å². The third-order valence-corrected chi connectivity index (χ3v) is 3.75. The highest BCUT2D eigenvalue weighted by molar-refractivity contribution is 6.33. The van der Waals surface area contributed by atoms with E-state index in [-0.39, 0.29) is 24.7 Å². The number of rotatable bonds is 8. The second kappa shape index (κ2) is 9.73. The van der Waals surface area contributed by atoms with Crippen LogP contribution in [-0.2, 0) is 20.7 Å². The maximum absolute atomic E-state index is 11.8. The number of para-hydroxylation sites is 1.